The van der Waals surface area contributed by atoms with Gasteiger partial charge in [0.15, 0.2) is 0 Å². The van der Waals surface area contributed by atoms with Gasteiger partial charge in [0.2, 0.25) is 0 Å². The molecule has 1 heterocycles. The molecule has 1 aromatic rings. The van der Waals surface area contributed by atoms with Crippen molar-refractivity contribution >= 4 is 0 Å². The summed E-state index contributed by atoms with van der Waals surface area (Å²) in [5.41, 5.74) is 1.18. The quantitative estimate of drug-likeness (QED) is 0.837. The lowest BCUT2D eigenvalue weighted by atomic mass is 10.0. The van der Waals surface area contributed by atoms with Crippen molar-refractivity contribution in [2.24, 2.45) is 0 Å². The summed E-state index contributed by atoms with van der Waals surface area (Å²) in [6, 6.07) is 8.65. The highest BCUT2D eigenvalue weighted by Crippen LogP contribution is 2.14. The molecule has 1 aromatic carbocycles. The molecule has 124 valence electrons. The van der Waals surface area contributed by atoms with Crippen LogP contribution in [-0.4, -0.2) is 49.7 Å². The Morgan fingerprint density at radius 1 is 1.32 bits per heavy atom. The summed E-state index contributed by atoms with van der Waals surface area (Å²) in [6.07, 6.45) is -0.394. The molecule has 1 fully saturated rings. The molecule has 1 atom stereocenters. The molecule has 3 nitrogen and oxygen atoms in total. The highest BCUT2D eigenvalue weighted by Gasteiger charge is 2.22. The fourth-order valence-electron chi connectivity index (χ4n) is 2.85. The number of ether oxygens (including phenoxy) is 1. The third-order valence-electron chi connectivity index (χ3n) is 3.99. The normalized spacial score (nSPS) is 18.6. The minimum absolute atomic E-state index is 0.0985. The molecule has 0 saturated carbocycles. The number of nitrogens with zero attached hydrogens (tertiary/aromatic N) is 1. The molecule has 1 N–H and O–H groups in total. The summed E-state index contributed by atoms with van der Waals surface area (Å²) in [5, 5.41) is 3.54. The number of hydrogen-bond donors (Lipinski definition) is 1. The lowest BCUT2D eigenvalue weighted by Crippen LogP contribution is -2.47. The lowest BCUT2D eigenvalue weighted by molar-refractivity contribution is 0.0715. The van der Waals surface area contributed by atoms with Crippen LogP contribution in [0.1, 0.15) is 25.3 Å². The highest BCUT2D eigenvalue weighted by atomic mass is 19.3. The SMILES string of the molecule is Cc1cccc(OC[C@H](C)NC2CCN(CC(F)F)CC2)c1. The van der Waals surface area contributed by atoms with E-state index in [9.17, 15) is 8.78 Å². The number of halogens is 2. The average molecular weight is 312 g/mol. The standard InChI is InChI=1S/C17H26F2N2O/c1-13-4-3-5-16(10-13)22-12-14(2)20-15-6-8-21(9-7-15)11-17(18)19/h3-5,10,14-15,17,20H,6-9,11-12H2,1-2H3/t14-/m0/s1. The van der Waals surface area contributed by atoms with E-state index in [4.69, 9.17) is 4.74 Å². The van der Waals surface area contributed by atoms with Gasteiger partial charge in [-0.25, -0.2) is 8.78 Å². The topological polar surface area (TPSA) is 24.5 Å². The van der Waals surface area contributed by atoms with Crippen molar-refractivity contribution in [3.63, 3.8) is 0 Å². The summed E-state index contributed by atoms with van der Waals surface area (Å²) in [7, 11) is 0. The zero-order valence-electron chi connectivity index (χ0n) is 13.4. The van der Waals surface area contributed by atoms with Crippen molar-refractivity contribution in [1.82, 2.24) is 10.2 Å². The third kappa shape index (κ3) is 5.89. The first-order valence-corrected chi connectivity index (χ1v) is 7.99. The van der Waals surface area contributed by atoms with Crippen molar-refractivity contribution in [3.8, 4) is 5.75 Å². The molecule has 0 aromatic heterocycles. The first-order valence-electron chi connectivity index (χ1n) is 7.99. The van der Waals surface area contributed by atoms with Crippen LogP contribution >= 0.6 is 0 Å². The second-order valence-electron chi connectivity index (χ2n) is 6.16. The number of likely N-dealkylation sites (tertiary alicyclic amines) is 1. The largest absolute Gasteiger partial charge is 0.492 e. The minimum atomic E-state index is -2.23. The second-order valence-corrected chi connectivity index (χ2v) is 6.16. The predicted molar refractivity (Wildman–Crippen MR) is 84.7 cm³/mol. The van der Waals surface area contributed by atoms with Gasteiger partial charge in [-0.15, -0.1) is 0 Å². The average Bonchev–Trinajstić information content (AvgIpc) is 2.47. The molecule has 1 aliphatic heterocycles. The Labute approximate surface area is 131 Å². The van der Waals surface area contributed by atoms with E-state index >= 15 is 0 Å². The van der Waals surface area contributed by atoms with Crippen molar-refractivity contribution < 1.29 is 13.5 Å². The first-order chi connectivity index (χ1) is 10.5. The highest BCUT2D eigenvalue weighted by molar-refractivity contribution is 5.27. The summed E-state index contributed by atoms with van der Waals surface area (Å²) < 4.78 is 30.5. The van der Waals surface area contributed by atoms with Gasteiger partial charge in [0.1, 0.15) is 12.4 Å². The number of rotatable bonds is 7. The Morgan fingerprint density at radius 3 is 2.68 bits per heavy atom. The maximum atomic E-state index is 12.3. The summed E-state index contributed by atoms with van der Waals surface area (Å²) >= 11 is 0. The van der Waals surface area contributed by atoms with Crippen LogP contribution in [0.25, 0.3) is 0 Å². The molecule has 5 heteroatoms. The zero-order valence-corrected chi connectivity index (χ0v) is 13.4. The maximum Gasteiger partial charge on any atom is 0.251 e. The van der Waals surface area contributed by atoms with Crippen LogP contribution in [0.3, 0.4) is 0 Å². The molecule has 0 aliphatic carbocycles. The second kappa shape index (κ2) is 8.44. The minimum Gasteiger partial charge on any atom is -0.492 e. The van der Waals surface area contributed by atoms with Crippen LogP contribution in [0.2, 0.25) is 0 Å². The van der Waals surface area contributed by atoms with E-state index in [0.717, 1.165) is 31.7 Å². The Balaban J connectivity index is 1.66. The molecule has 0 bridgehead atoms. The lowest BCUT2D eigenvalue weighted by Gasteiger charge is -2.33. The number of alkyl halides is 2. The Hall–Kier alpha value is -1.20. The van der Waals surface area contributed by atoms with Gasteiger partial charge in [-0.1, -0.05) is 12.1 Å². The van der Waals surface area contributed by atoms with Crippen LogP contribution in [0.5, 0.6) is 5.75 Å². The molecule has 22 heavy (non-hydrogen) atoms. The summed E-state index contributed by atoms with van der Waals surface area (Å²) in [4.78, 5) is 1.84. The van der Waals surface area contributed by atoms with Gasteiger partial charge < -0.3 is 10.1 Å². The van der Waals surface area contributed by atoms with Crippen LogP contribution in [0, 0.1) is 6.92 Å². The van der Waals surface area contributed by atoms with E-state index < -0.39 is 6.43 Å². The molecule has 1 saturated heterocycles. The molecule has 1 aliphatic rings. The number of benzene rings is 1. The van der Waals surface area contributed by atoms with E-state index in [1.807, 2.05) is 36.1 Å². The maximum absolute atomic E-state index is 12.3. The van der Waals surface area contributed by atoms with Gasteiger partial charge in [0.25, 0.3) is 6.43 Å². The van der Waals surface area contributed by atoms with Crippen molar-refractivity contribution in [1.29, 1.82) is 0 Å². The molecule has 0 spiro atoms. The number of nitrogens with one attached hydrogen (secondary N) is 1. The molecule has 2 rings (SSSR count). The fraction of sp³-hybridized carbons (Fsp3) is 0.647. The molecule has 0 radical (unpaired) electrons. The number of piperidine rings is 1. The van der Waals surface area contributed by atoms with Crippen molar-refractivity contribution in [2.45, 2.75) is 45.2 Å². The molecule has 0 unspecified atom stereocenters. The van der Waals surface area contributed by atoms with E-state index in [1.54, 1.807) is 0 Å². The van der Waals surface area contributed by atoms with E-state index in [1.165, 1.54) is 5.56 Å². The molecular weight excluding hydrogens is 286 g/mol. The van der Waals surface area contributed by atoms with Crippen LogP contribution in [-0.2, 0) is 0 Å². The smallest absolute Gasteiger partial charge is 0.251 e. The van der Waals surface area contributed by atoms with Crippen molar-refractivity contribution in [3.05, 3.63) is 29.8 Å². The third-order valence-corrected chi connectivity index (χ3v) is 3.99. The zero-order chi connectivity index (χ0) is 15.9. The number of aryl methyl sites for hydroxylation is 1. The van der Waals surface area contributed by atoms with Gasteiger partial charge in [-0.2, -0.15) is 0 Å². The van der Waals surface area contributed by atoms with Crippen LogP contribution in [0.4, 0.5) is 8.78 Å². The van der Waals surface area contributed by atoms with Gasteiger partial charge in [-0.3, -0.25) is 4.90 Å². The van der Waals surface area contributed by atoms with E-state index in [0.29, 0.717) is 12.6 Å². The van der Waals surface area contributed by atoms with Crippen LogP contribution < -0.4 is 10.1 Å². The van der Waals surface area contributed by atoms with Crippen LogP contribution in [0.15, 0.2) is 24.3 Å². The van der Waals surface area contributed by atoms with Gasteiger partial charge in [0, 0.05) is 12.1 Å². The molecular formula is C17H26F2N2O. The van der Waals surface area contributed by atoms with E-state index in [-0.39, 0.29) is 12.6 Å². The van der Waals surface area contributed by atoms with Gasteiger partial charge >= 0.3 is 0 Å². The van der Waals surface area contributed by atoms with E-state index in [2.05, 4.69) is 12.2 Å². The number of hydrogen-bond acceptors (Lipinski definition) is 3. The van der Waals surface area contributed by atoms with Gasteiger partial charge in [0.05, 0.1) is 6.54 Å². The Morgan fingerprint density at radius 2 is 2.05 bits per heavy atom. The Kier molecular flexibility index (Phi) is 6.58. The first kappa shape index (κ1) is 17.2. The fourth-order valence-corrected chi connectivity index (χ4v) is 2.85. The van der Waals surface area contributed by atoms with Crippen molar-refractivity contribution in [2.75, 3.05) is 26.2 Å². The van der Waals surface area contributed by atoms with Gasteiger partial charge in [-0.05, 0) is 57.5 Å². The monoisotopic (exact) mass is 312 g/mol. The summed E-state index contributed by atoms with van der Waals surface area (Å²) in [6.45, 7) is 6.14. The summed E-state index contributed by atoms with van der Waals surface area (Å²) in [5.74, 6) is 0.889. The Bertz CT molecular complexity index is 448. The predicted octanol–water partition coefficient (Wildman–Crippen LogP) is 3.08. The molecule has 0 amide bonds.